The van der Waals surface area contributed by atoms with E-state index in [1.807, 2.05) is 6.07 Å². The van der Waals surface area contributed by atoms with Gasteiger partial charge in [0.2, 0.25) is 0 Å². The fourth-order valence-corrected chi connectivity index (χ4v) is 2.60. The summed E-state index contributed by atoms with van der Waals surface area (Å²) in [5.74, 6) is 0.985. The average molecular weight is 246 g/mol. The van der Waals surface area contributed by atoms with Gasteiger partial charge in [-0.1, -0.05) is 12.1 Å². The standard InChI is InChI=1S/C15H22N2O/c1-17-9-5-13(6-10-17)18-14-4-2-3-12(11-14)15(16)7-8-15/h2-4,11,13H,5-10,16H2,1H3. The summed E-state index contributed by atoms with van der Waals surface area (Å²) >= 11 is 0. The quantitative estimate of drug-likeness (QED) is 0.887. The second-order valence-corrected chi connectivity index (χ2v) is 5.80. The Labute approximate surface area is 109 Å². The Morgan fingerprint density at radius 2 is 2.00 bits per heavy atom. The average Bonchev–Trinajstić information content (AvgIpc) is 3.12. The molecule has 2 fully saturated rings. The van der Waals surface area contributed by atoms with Crippen molar-refractivity contribution in [3.63, 3.8) is 0 Å². The number of benzene rings is 1. The van der Waals surface area contributed by atoms with Crippen LogP contribution in [0.25, 0.3) is 0 Å². The Hall–Kier alpha value is -1.06. The van der Waals surface area contributed by atoms with Gasteiger partial charge in [-0.3, -0.25) is 0 Å². The second-order valence-electron chi connectivity index (χ2n) is 5.80. The summed E-state index contributed by atoms with van der Waals surface area (Å²) in [6.07, 6.45) is 4.81. The molecule has 1 aliphatic carbocycles. The zero-order valence-electron chi connectivity index (χ0n) is 11.1. The molecule has 1 heterocycles. The minimum Gasteiger partial charge on any atom is -0.490 e. The van der Waals surface area contributed by atoms with E-state index in [9.17, 15) is 0 Å². The minimum absolute atomic E-state index is 0.0633. The van der Waals surface area contributed by atoms with Gasteiger partial charge < -0.3 is 15.4 Å². The van der Waals surface area contributed by atoms with E-state index in [0.29, 0.717) is 6.10 Å². The van der Waals surface area contributed by atoms with Crippen LogP contribution in [-0.2, 0) is 5.54 Å². The normalized spacial score (nSPS) is 23.9. The highest BCUT2D eigenvalue weighted by Gasteiger charge is 2.40. The third-order valence-electron chi connectivity index (χ3n) is 4.17. The molecule has 0 bridgehead atoms. The van der Waals surface area contributed by atoms with Gasteiger partial charge in [0.15, 0.2) is 0 Å². The molecule has 0 aromatic heterocycles. The lowest BCUT2D eigenvalue weighted by Crippen LogP contribution is -2.35. The van der Waals surface area contributed by atoms with Crippen molar-refractivity contribution in [3.8, 4) is 5.75 Å². The number of ether oxygens (including phenoxy) is 1. The lowest BCUT2D eigenvalue weighted by atomic mass is 10.1. The molecule has 1 aliphatic heterocycles. The summed E-state index contributed by atoms with van der Waals surface area (Å²) in [5.41, 5.74) is 7.39. The molecule has 0 atom stereocenters. The monoisotopic (exact) mass is 246 g/mol. The van der Waals surface area contributed by atoms with Gasteiger partial charge in [-0.2, -0.15) is 0 Å². The summed E-state index contributed by atoms with van der Waals surface area (Å²) in [7, 11) is 2.17. The minimum atomic E-state index is -0.0633. The van der Waals surface area contributed by atoms with Crippen molar-refractivity contribution in [2.24, 2.45) is 5.73 Å². The zero-order valence-corrected chi connectivity index (χ0v) is 11.1. The van der Waals surface area contributed by atoms with E-state index in [1.54, 1.807) is 0 Å². The lowest BCUT2D eigenvalue weighted by Gasteiger charge is -2.29. The maximum atomic E-state index is 6.23. The van der Waals surface area contributed by atoms with Crippen molar-refractivity contribution in [1.29, 1.82) is 0 Å². The van der Waals surface area contributed by atoms with Crippen LogP contribution in [0.15, 0.2) is 24.3 Å². The first-order valence-electron chi connectivity index (χ1n) is 6.90. The second kappa shape index (κ2) is 4.56. The van der Waals surface area contributed by atoms with E-state index in [1.165, 1.54) is 5.56 Å². The van der Waals surface area contributed by atoms with Crippen molar-refractivity contribution in [1.82, 2.24) is 4.90 Å². The molecule has 2 N–H and O–H groups in total. The van der Waals surface area contributed by atoms with Crippen molar-refractivity contribution in [3.05, 3.63) is 29.8 Å². The highest BCUT2D eigenvalue weighted by molar-refractivity contribution is 5.36. The third-order valence-corrected chi connectivity index (χ3v) is 4.17. The number of piperidine rings is 1. The molecule has 98 valence electrons. The molecule has 3 heteroatoms. The molecule has 0 amide bonds. The maximum Gasteiger partial charge on any atom is 0.120 e. The van der Waals surface area contributed by atoms with Gasteiger partial charge in [-0.25, -0.2) is 0 Å². The van der Waals surface area contributed by atoms with Crippen molar-refractivity contribution in [2.75, 3.05) is 20.1 Å². The summed E-state index contributed by atoms with van der Waals surface area (Å²) in [6.45, 7) is 2.26. The van der Waals surface area contributed by atoms with Gasteiger partial charge in [0.1, 0.15) is 11.9 Å². The van der Waals surface area contributed by atoms with Gasteiger partial charge in [0, 0.05) is 18.6 Å². The zero-order chi connectivity index (χ0) is 12.6. The van der Waals surface area contributed by atoms with Crippen LogP contribution in [0.1, 0.15) is 31.2 Å². The molecule has 0 spiro atoms. The molecule has 0 radical (unpaired) electrons. The van der Waals surface area contributed by atoms with E-state index in [2.05, 4.69) is 30.1 Å². The Balaban J connectivity index is 1.66. The molecular formula is C15H22N2O. The van der Waals surface area contributed by atoms with Crippen molar-refractivity contribution < 1.29 is 4.74 Å². The van der Waals surface area contributed by atoms with Crippen LogP contribution in [0.5, 0.6) is 5.75 Å². The largest absolute Gasteiger partial charge is 0.490 e. The highest BCUT2D eigenvalue weighted by atomic mass is 16.5. The van der Waals surface area contributed by atoms with Crippen molar-refractivity contribution >= 4 is 0 Å². The Morgan fingerprint density at radius 1 is 1.28 bits per heavy atom. The first-order valence-corrected chi connectivity index (χ1v) is 6.90. The first kappa shape index (κ1) is 12.0. The SMILES string of the molecule is CN1CCC(Oc2cccc(C3(N)CC3)c2)CC1. The van der Waals surface area contributed by atoms with Gasteiger partial charge >= 0.3 is 0 Å². The van der Waals surface area contributed by atoms with E-state index < -0.39 is 0 Å². The van der Waals surface area contributed by atoms with Crippen molar-refractivity contribution in [2.45, 2.75) is 37.3 Å². The van der Waals surface area contributed by atoms with Gasteiger partial charge in [0.25, 0.3) is 0 Å². The van der Waals surface area contributed by atoms with E-state index in [-0.39, 0.29) is 5.54 Å². The molecule has 1 aromatic carbocycles. The fourth-order valence-electron chi connectivity index (χ4n) is 2.60. The first-order chi connectivity index (χ1) is 8.66. The lowest BCUT2D eigenvalue weighted by molar-refractivity contribution is 0.114. The number of hydrogen-bond donors (Lipinski definition) is 1. The van der Waals surface area contributed by atoms with Crippen LogP contribution in [-0.4, -0.2) is 31.1 Å². The Bertz CT molecular complexity index is 420. The predicted octanol–water partition coefficient (Wildman–Crippen LogP) is 2.11. The van der Waals surface area contributed by atoms with Gasteiger partial charge in [-0.05, 0) is 50.4 Å². The molecule has 1 aromatic rings. The predicted molar refractivity (Wildman–Crippen MR) is 72.7 cm³/mol. The van der Waals surface area contributed by atoms with E-state index >= 15 is 0 Å². The molecular weight excluding hydrogens is 224 g/mol. The van der Waals surface area contributed by atoms with Crippen LogP contribution < -0.4 is 10.5 Å². The third kappa shape index (κ3) is 2.52. The van der Waals surface area contributed by atoms with E-state index in [4.69, 9.17) is 10.5 Å². The molecule has 2 aliphatic rings. The fraction of sp³-hybridized carbons (Fsp3) is 0.600. The van der Waals surface area contributed by atoms with Gasteiger partial charge in [-0.15, -0.1) is 0 Å². The number of likely N-dealkylation sites (tertiary alicyclic amines) is 1. The highest BCUT2D eigenvalue weighted by Crippen LogP contribution is 2.43. The van der Waals surface area contributed by atoms with Gasteiger partial charge in [0.05, 0.1) is 0 Å². The number of nitrogens with two attached hydrogens (primary N) is 1. The molecule has 3 nitrogen and oxygen atoms in total. The summed E-state index contributed by atoms with van der Waals surface area (Å²) in [4.78, 5) is 2.36. The van der Waals surface area contributed by atoms with Crippen LogP contribution in [0.3, 0.4) is 0 Å². The Morgan fingerprint density at radius 3 is 2.67 bits per heavy atom. The van der Waals surface area contributed by atoms with E-state index in [0.717, 1.165) is 44.5 Å². The number of nitrogens with zero attached hydrogens (tertiary/aromatic N) is 1. The number of hydrogen-bond acceptors (Lipinski definition) is 3. The molecule has 18 heavy (non-hydrogen) atoms. The Kier molecular flexibility index (Phi) is 3.04. The summed E-state index contributed by atoms with van der Waals surface area (Å²) in [6, 6.07) is 8.36. The van der Waals surface area contributed by atoms with Crippen LogP contribution in [0, 0.1) is 0 Å². The molecule has 1 saturated heterocycles. The van der Waals surface area contributed by atoms with Crippen LogP contribution in [0.4, 0.5) is 0 Å². The topological polar surface area (TPSA) is 38.5 Å². The maximum absolute atomic E-state index is 6.23. The number of rotatable bonds is 3. The smallest absolute Gasteiger partial charge is 0.120 e. The molecule has 1 saturated carbocycles. The summed E-state index contributed by atoms with van der Waals surface area (Å²) in [5, 5.41) is 0. The molecule has 3 rings (SSSR count). The molecule has 0 unspecified atom stereocenters. The summed E-state index contributed by atoms with van der Waals surface area (Å²) < 4.78 is 6.08. The van der Waals surface area contributed by atoms with Crippen LogP contribution >= 0.6 is 0 Å². The van der Waals surface area contributed by atoms with Crippen LogP contribution in [0.2, 0.25) is 0 Å².